The van der Waals surface area contributed by atoms with E-state index >= 15 is 0 Å². The largest absolute Gasteiger partial charge is 0.365 e. The van der Waals surface area contributed by atoms with Crippen LogP contribution in [0.25, 0.3) is 6.08 Å². The van der Waals surface area contributed by atoms with Crippen LogP contribution in [0.4, 0.5) is 0 Å². The highest BCUT2D eigenvalue weighted by Gasteiger charge is 2.06. The Kier molecular flexibility index (Phi) is 5.51. The Bertz CT molecular complexity index is 636. The summed E-state index contributed by atoms with van der Waals surface area (Å²) in [6.07, 6.45) is 5.65. The summed E-state index contributed by atoms with van der Waals surface area (Å²) in [5.74, 6) is 0. The molecular formula is C19H17NO. The second-order valence-electron chi connectivity index (χ2n) is 4.55. The second-order valence-corrected chi connectivity index (χ2v) is 4.55. The van der Waals surface area contributed by atoms with E-state index in [0.29, 0.717) is 12.2 Å². The molecule has 0 aliphatic carbocycles. The zero-order valence-corrected chi connectivity index (χ0v) is 11.8. The predicted octanol–water partition coefficient (Wildman–Crippen LogP) is 4.52. The van der Waals surface area contributed by atoms with Crippen molar-refractivity contribution in [2.24, 2.45) is 0 Å². The van der Waals surface area contributed by atoms with Gasteiger partial charge in [-0.15, -0.1) is 6.58 Å². The fourth-order valence-corrected chi connectivity index (χ4v) is 1.94. The van der Waals surface area contributed by atoms with Crippen LogP contribution in [0.1, 0.15) is 22.8 Å². The first kappa shape index (κ1) is 14.8. The van der Waals surface area contributed by atoms with Crippen molar-refractivity contribution in [3.05, 3.63) is 90.0 Å². The molecule has 0 aromatic heterocycles. The molecule has 2 aromatic rings. The van der Waals surface area contributed by atoms with Crippen LogP contribution < -0.4 is 0 Å². The first-order chi connectivity index (χ1) is 10.3. The number of hydrogen-bond acceptors (Lipinski definition) is 2. The van der Waals surface area contributed by atoms with Gasteiger partial charge in [-0.2, -0.15) is 5.26 Å². The van der Waals surface area contributed by atoms with Gasteiger partial charge in [0, 0.05) is 0 Å². The van der Waals surface area contributed by atoms with E-state index in [1.54, 1.807) is 6.08 Å². The SMILES string of the molecule is C=CCO[C@@H](/C=C/c1ccc(C#N)cc1)c1ccccc1. The highest BCUT2D eigenvalue weighted by Crippen LogP contribution is 2.20. The van der Waals surface area contributed by atoms with E-state index in [1.165, 1.54) is 0 Å². The Hall–Kier alpha value is -2.63. The fourth-order valence-electron chi connectivity index (χ4n) is 1.94. The van der Waals surface area contributed by atoms with Gasteiger partial charge in [0.15, 0.2) is 0 Å². The predicted molar refractivity (Wildman–Crippen MR) is 85.5 cm³/mol. The average molecular weight is 275 g/mol. The zero-order chi connectivity index (χ0) is 14.9. The lowest BCUT2D eigenvalue weighted by atomic mass is 10.1. The lowest BCUT2D eigenvalue weighted by molar-refractivity contribution is 0.111. The summed E-state index contributed by atoms with van der Waals surface area (Å²) in [7, 11) is 0. The third-order valence-electron chi connectivity index (χ3n) is 3.02. The molecule has 0 aliphatic heterocycles. The topological polar surface area (TPSA) is 33.0 Å². The van der Waals surface area contributed by atoms with E-state index in [0.717, 1.165) is 11.1 Å². The third kappa shape index (κ3) is 4.45. The van der Waals surface area contributed by atoms with Gasteiger partial charge in [0.25, 0.3) is 0 Å². The molecule has 0 fully saturated rings. The van der Waals surface area contributed by atoms with Gasteiger partial charge in [-0.1, -0.05) is 60.7 Å². The first-order valence-corrected chi connectivity index (χ1v) is 6.79. The number of rotatable bonds is 6. The minimum atomic E-state index is -0.111. The van der Waals surface area contributed by atoms with E-state index in [4.69, 9.17) is 10.00 Å². The molecule has 0 heterocycles. The quantitative estimate of drug-likeness (QED) is 0.726. The Morgan fingerprint density at radius 2 is 1.81 bits per heavy atom. The molecule has 104 valence electrons. The Balaban J connectivity index is 2.15. The summed E-state index contributed by atoms with van der Waals surface area (Å²) in [6.45, 7) is 4.18. The lowest BCUT2D eigenvalue weighted by Gasteiger charge is -2.13. The first-order valence-electron chi connectivity index (χ1n) is 6.79. The van der Waals surface area contributed by atoms with Crippen molar-refractivity contribution in [3.8, 4) is 6.07 Å². The van der Waals surface area contributed by atoms with E-state index in [1.807, 2.05) is 66.7 Å². The fraction of sp³-hybridized carbons (Fsp3) is 0.105. The summed E-state index contributed by atoms with van der Waals surface area (Å²) in [5.41, 5.74) is 2.80. The van der Waals surface area contributed by atoms with Crippen LogP contribution in [-0.2, 0) is 4.74 Å². The Morgan fingerprint density at radius 1 is 1.10 bits per heavy atom. The molecule has 2 nitrogen and oxygen atoms in total. The molecule has 2 heteroatoms. The van der Waals surface area contributed by atoms with Crippen molar-refractivity contribution in [1.29, 1.82) is 5.26 Å². The molecule has 21 heavy (non-hydrogen) atoms. The van der Waals surface area contributed by atoms with Crippen LogP contribution in [-0.4, -0.2) is 6.61 Å². The van der Waals surface area contributed by atoms with Crippen molar-refractivity contribution < 1.29 is 4.74 Å². The molecule has 0 amide bonds. The number of hydrogen-bond donors (Lipinski definition) is 0. The maximum atomic E-state index is 8.79. The molecular weight excluding hydrogens is 258 g/mol. The highest BCUT2D eigenvalue weighted by molar-refractivity contribution is 5.52. The molecule has 1 atom stereocenters. The molecule has 2 aromatic carbocycles. The third-order valence-corrected chi connectivity index (χ3v) is 3.02. The minimum Gasteiger partial charge on any atom is -0.365 e. The number of ether oxygens (including phenoxy) is 1. The second kappa shape index (κ2) is 7.84. The molecule has 0 spiro atoms. The van der Waals surface area contributed by atoms with Gasteiger partial charge in [-0.3, -0.25) is 0 Å². The summed E-state index contributed by atoms with van der Waals surface area (Å²) < 4.78 is 5.79. The Labute approximate surface area is 125 Å². The number of benzene rings is 2. The van der Waals surface area contributed by atoms with Crippen LogP contribution >= 0.6 is 0 Å². The molecule has 0 unspecified atom stereocenters. The van der Waals surface area contributed by atoms with Crippen molar-refractivity contribution in [3.63, 3.8) is 0 Å². The maximum absolute atomic E-state index is 8.79. The van der Waals surface area contributed by atoms with Gasteiger partial charge in [-0.25, -0.2) is 0 Å². The van der Waals surface area contributed by atoms with Crippen molar-refractivity contribution in [2.45, 2.75) is 6.10 Å². The van der Waals surface area contributed by atoms with E-state index in [9.17, 15) is 0 Å². The van der Waals surface area contributed by atoms with E-state index in [-0.39, 0.29) is 6.10 Å². The van der Waals surface area contributed by atoms with Crippen LogP contribution in [0, 0.1) is 11.3 Å². The van der Waals surface area contributed by atoms with E-state index in [2.05, 4.69) is 12.6 Å². The van der Waals surface area contributed by atoms with Gasteiger partial charge < -0.3 is 4.74 Å². The zero-order valence-electron chi connectivity index (χ0n) is 11.8. The lowest BCUT2D eigenvalue weighted by Crippen LogP contribution is -2.01. The number of nitrogens with zero attached hydrogens (tertiary/aromatic N) is 1. The van der Waals surface area contributed by atoms with Gasteiger partial charge in [0.1, 0.15) is 6.10 Å². The minimum absolute atomic E-state index is 0.111. The normalized spacial score (nSPS) is 12.0. The van der Waals surface area contributed by atoms with Gasteiger partial charge >= 0.3 is 0 Å². The van der Waals surface area contributed by atoms with Gasteiger partial charge in [0.05, 0.1) is 18.2 Å². The summed E-state index contributed by atoms with van der Waals surface area (Å²) in [6, 6.07) is 19.6. The number of nitriles is 1. The summed E-state index contributed by atoms with van der Waals surface area (Å²) in [5, 5.41) is 8.79. The van der Waals surface area contributed by atoms with E-state index < -0.39 is 0 Å². The average Bonchev–Trinajstić information content (AvgIpc) is 2.56. The van der Waals surface area contributed by atoms with Crippen LogP contribution in [0.2, 0.25) is 0 Å². The molecule has 2 rings (SSSR count). The molecule has 0 radical (unpaired) electrons. The van der Waals surface area contributed by atoms with Gasteiger partial charge in [-0.05, 0) is 23.3 Å². The molecule has 0 aliphatic rings. The highest BCUT2D eigenvalue weighted by atomic mass is 16.5. The van der Waals surface area contributed by atoms with Crippen molar-refractivity contribution in [2.75, 3.05) is 6.61 Å². The van der Waals surface area contributed by atoms with Crippen LogP contribution in [0.15, 0.2) is 73.3 Å². The van der Waals surface area contributed by atoms with Crippen LogP contribution in [0.5, 0.6) is 0 Å². The smallest absolute Gasteiger partial charge is 0.101 e. The molecule has 0 N–H and O–H groups in total. The monoisotopic (exact) mass is 275 g/mol. The van der Waals surface area contributed by atoms with Crippen LogP contribution in [0.3, 0.4) is 0 Å². The maximum Gasteiger partial charge on any atom is 0.101 e. The Morgan fingerprint density at radius 3 is 2.43 bits per heavy atom. The summed E-state index contributed by atoms with van der Waals surface area (Å²) in [4.78, 5) is 0. The molecule has 0 saturated carbocycles. The standard InChI is InChI=1S/C19H17NO/c1-2-14-21-19(18-6-4-3-5-7-18)13-12-16-8-10-17(15-20)11-9-16/h2-13,19H,1,14H2/b13-12+/t19-/m0/s1. The molecule has 0 saturated heterocycles. The van der Waals surface area contributed by atoms with Crippen molar-refractivity contribution >= 4 is 6.08 Å². The molecule has 0 bridgehead atoms. The summed E-state index contributed by atoms with van der Waals surface area (Å²) >= 11 is 0. The van der Waals surface area contributed by atoms with Gasteiger partial charge in [0.2, 0.25) is 0 Å². The van der Waals surface area contributed by atoms with Crippen molar-refractivity contribution in [1.82, 2.24) is 0 Å².